The molecule has 1 aromatic heterocycles. The van der Waals surface area contributed by atoms with Crippen LogP contribution in [0.3, 0.4) is 0 Å². The van der Waals surface area contributed by atoms with Crippen molar-refractivity contribution in [2.24, 2.45) is 0 Å². The molecule has 0 unspecified atom stereocenters. The maximum Gasteiger partial charge on any atom is 0.349 e. The fraction of sp³-hybridized carbons (Fsp3) is 0.0385. The highest BCUT2D eigenvalue weighted by Crippen LogP contribution is 2.21. The molecule has 0 fully saturated rings. The van der Waals surface area contributed by atoms with Crippen LogP contribution in [0.4, 0.5) is 0 Å². The lowest BCUT2D eigenvalue weighted by Gasteiger charge is -2.06. The molecule has 4 aromatic rings. The molecule has 0 aliphatic rings. The third kappa shape index (κ3) is 5.17. The lowest BCUT2D eigenvalue weighted by Crippen LogP contribution is -2.27. The van der Waals surface area contributed by atoms with E-state index < -0.39 is 17.5 Å². The molecule has 0 bridgehead atoms. The number of benzene rings is 3. The first-order chi connectivity index (χ1) is 15.6. The summed E-state index contributed by atoms with van der Waals surface area (Å²) in [6, 6.07) is 24.8. The molecule has 1 amide bonds. The van der Waals surface area contributed by atoms with Gasteiger partial charge in [0.1, 0.15) is 16.9 Å². The summed E-state index contributed by atoms with van der Waals surface area (Å²) in [4.78, 5) is 36.8. The van der Waals surface area contributed by atoms with Crippen molar-refractivity contribution in [3.05, 3.63) is 118 Å². The van der Waals surface area contributed by atoms with E-state index in [1.807, 2.05) is 60.7 Å². The molecule has 0 saturated carbocycles. The number of rotatable bonds is 6. The van der Waals surface area contributed by atoms with Gasteiger partial charge < -0.3 is 14.5 Å². The Hall–Kier alpha value is -4.45. The minimum Gasteiger partial charge on any atom is -0.423 e. The Kier molecular flexibility index (Phi) is 6.22. The molecule has 0 aliphatic carbocycles. The molecule has 3 aromatic carbocycles. The van der Waals surface area contributed by atoms with Crippen LogP contribution in [-0.2, 0) is 11.3 Å². The second-order valence-corrected chi connectivity index (χ2v) is 6.98. The Morgan fingerprint density at radius 2 is 1.62 bits per heavy atom. The van der Waals surface area contributed by atoms with E-state index in [2.05, 4.69) is 5.32 Å². The average Bonchev–Trinajstić information content (AvgIpc) is 2.82. The number of carbonyl (C=O) groups excluding carboxylic acids is 2. The van der Waals surface area contributed by atoms with Crippen LogP contribution in [-0.4, -0.2) is 11.9 Å². The molecular formula is C26H19NO5. The average molecular weight is 425 g/mol. The zero-order chi connectivity index (χ0) is 22.3. The third-order valence-corrected chi connectivity index (χ3v) is 4.68. The summed E-state index contributed by atoms with van der Waals surface area (Å²) in [6.45, 7) is 0.294. The first kappa shape index (κ1) is 20.8. The quantitative estimate of drug-likeness (QED) is 0.215. The number of amides is 1. The van der Waals surface area contributed by atoms with Crippen molar-refractivity contribution in [3.8, 4) is 5.75 Å². The minimum atomic E-state index is -0.768. The van der Waals surface area contributed by atoms with Crippen molar-refractivity contribution < 1.29 is 18.7 Å². The summed E-state index contributed by atoms with van der Waals surface area (Å²) in [6.07, 6.45) is 2.96. The largest absolute Gasteiger partial charge is 0.423 e. The monoisotopic (exact) mass is 425 g/mol. The van der Waals surface area contributed by atoms with Crippen LogP contribution in [0, 0.1) is 0 Å². The molecule has 0 radical (unpaired) electrons. The molecule has 32 heavy (non-hydrogen) atoms. The van der Waals surface area contributed by atoms with Gasteiger partial charge in [0.15, 0.2) is 0 Å². The number of hydrogen-bond donors (Lipinski definition) is 1. The molecule has 1 heterocycles. The predicted octanol–water partition coefficient (Wildman–Crippen LogP) is 4.34. The Labute approximate surface area is 183 Å². The van der Waals surface area contributed by atoms with Crippen LogP contribution < -0.4 is 15.7 Å². The standard InChI is InChI=1S/C26H19NO5/c28-24(14-11-18-7-3-1-4-8-18)31-21-13-12-20-15-22(26(30)32-23(20)16-21)25(29)27-17-19-9-5-2-6-10-19/h1-16H,17H2,(H,27,29)/b14-11+. The van der Waals surface area contributed by atoms with Crippen molar-refractivity contribution >= 4 is 28.9 Å². The molecule has 0 atom stereocenters. The third-order valence-electron chi connectivity index (χ3n) is 4.68. The van der Waals surface area contributed by atoms with Gasteiger partial charge >= 0.3 is 11.6 Å². The SMILES string of the molecule is O=C(/C=C/c1ccccc1)Oc1ccc2cc(C(=O)NCc3ccccc3)c(=O)oc2c1. The lowest BCUT2D eigenvalue weighted by atomic mass is 10.1. The van der Waals surface area contributed by atoms with Crippen LogP contribution in [0.15, 0.2) is 100 Å². The van der Waals surface area contributed by atoms with E-state index in [1.165, 1.54) is 18.2 Å². The summed E-state index contributed by atoms with van der Waals surface area (Å²) in [5.41, 5.74) is 1.14. The molecular weight excluding hydrogens is 406 g/mol. The Morgan fingerprint density at radius 3 is 2.38 bits per heavy atom. The van der Waals surface area contributed by atoms with Crippen molar-refractivity contribution in [1.29, 1.82) is 0 Å². The maximum atomic E-state index is 12.4. The summed E-state index contributed by atoms with van der Waals surface area (Å²) in [7, 11) is 0. The van der Waals surface area contributed by atoms with Gasteiger partial charge in [0, 0.05) is 24.1 Å². The fourth-order valence-electron chi connectivity index (χ4n) is 3.07. The van der Waals surface area contributed by atoms with Crippen molar-refractivity contribution in [1.82, 2.24) is 5.32 Å². The minimum absolute atomic E-state index is 0.0935. The van der Waals surface area contributed by atoms with Crippen LogP contribution >= 0.6 is 0 Å². The molecule has 0 aliphatic heterocycles. The number of carbonyl (C=O) groups is 2. The smallest absolute Gasteiger partial charge is 0.349 e. The van der Waals surface area contributed by atoms with E-state index in [-0.39, 0.29) is 16.9 Å². The molecule has 6 nitrogen and oxygen atoms in total. The Morgan fingerprint density at radius 1 is 0.906 bits per heavy atom. The van der Waals surface area contributed by atoms with Gasteiger partial charge in [0.05, 0.1) is 0 Å². The lowest BCUT2D eigenvalue weighted by molar-refractivity contribution is -0.128. The Balaban J connectivity index is 1.46. The summed E-state index contributed by atoms with van der Waals surface area (Å²) < 4.78 is 10.6. The Bertz CT molecular complexity index is 1340. The first-order valence-corrected chi connectivity index (χ1v) is 9.93. The van der Waals surface area contributed by atoms with Gasteiger partial charge in [0.25, 0.3) is 5.91 Å². The summed E-state index contributed by atoms with van der Waals surface area (Å²) in [5.74, 6) is -0.858. The van der Waals surface area contributed by atoms with Gasteiger partial charge in [-0.2, -0.15) is 0 Å². The highest BCUT2D eigenvalue weighted by atomic mass is 16.5. The summed E-state index contributed by atoms with van der Waals surface area (Å²) in [5, 5.41) is 3.25. The normalized spacial score (nSPS) is 10.9. The van der Waals surface area contributed by atoms with E-state index in [0.717, 1.165) is 11.1 Å². The fourth-order valence-corrected chi connectivity index (χ4v) is 3.07. The van der Waals surface area contributed by atoms with E-state index in [1.54, 1.807) is 18.2 Å². The number of esters is 1. The molecule has 158 valence electrons. The zero-order valence-electron chi connectivity index (χ0n) is 17.0. The van der Waals surface area contributed by atoms with Gasteiger partial charge in [0.2, 0.25) is 0 Å². The van der Waals surface area contributed by atoms with E-state index in [9.17, 15) is 14.4 Å². The zero-order valence-corrected chi connectivity index (χ0v) is 17.0. The van der Waals surface area contributed by atoms with Gasteiger partial charge in [-0.05, 0) is 35.4 Å². The topological polar surface area (TPSA) is 85.6 Å². The second-order valence-electron chi connectivity index (χ2n) is 6.98. The van der Waals surface area contributed by atoms with Crippen LogP contribution in [0.25, 0.3) is 17.0 Å². The predicted molar refractivity (Wildman–Crippen MR) is 121 cm³/mol. The van der Waals surface area contributed by atoms with Crippen LogP contribution in [0.2, 0.25) is 0 Å². The first-order valence-electron chi connectivity index (χ1n) is 9.93. The van der Waals surface area contributed by atoms with Crippen LogP contribution in [0.1, 0.15) is 21.5 Å². The molecule has 4 rings (SSSR count). The molecule has 0 spiro atoms. The molecule has 1 N–H and O–H groups in total. The van der Waals surface area contributed by atoms with Gasteiger partial charge in [-0.1, -0.05) is 60.7 Å². The highest BCUT2D eigenvalue weighted by molar-refractivity contribution is 5.97. The maximum absolute atomic E-state index is 12.4. The number of ether oxygens (including phenoxy) is 1. The second kappa shape index (κ2) is 9.57. The van der Waals surface area contributed by atoms with Gasteiger partial charge in [-0.15, -0.1) is 0 Å². The van der Waals surface area contributed by atoms with Crippen molar-refractivity contribution in [3.63, 3.8) is 0 Å². The number of fused-ring (bicyclic) bond motifs is 1. The van der Waals surface area contributed by atoms with Gasteiger partial charge in [-0.25, -0.2) is 9.59 Å². The highest BCUT2D eigenvalue weighted by Gasteiger charge is 2.14. The summed E-state index contributed by atoms with van der Waals surface area (Å²) >= 11 is 0. The van der Waals surface area contributed by atoms with Crippen LogP contribution in [0.5, 0.6) is 5.75 Å². The van der Waals surface area contributed by atoms with Crippen molar-refractivity contribution in [2.75, 3.05) is 0 Å². The van der Waals surface area contributed by atoms with E-state index >= 15 is 0 Å². The van der Waals surface area contributed by atoms with E-state index in [4.69, 9.17) is 9.15 Å². The van der Waals surface area contributed by atoms with E-state index in [0.29, 0.717) is 11.9 Å². The molecule has 0 saturated heterocycles. The molecule has 6 heteroatoms. The number of hydrogen-bond acceptors (Lipinski definition) is 5. The van der Waals surface area contributed by atoms with Crippen molar-refractivity contribution in [2.45, 2.75) is 6.54 Å². The van der Waals surface area contributed by atoms with Gasteiger partial charge in [-0.3, -0.25) is 4.79 Å². The number of nitrogens with one attached hydrogen (secondary N) is 1.